The Kier molecular flexibility index (Phi) is 3.72. The number of benzene rings is 1. The molecule has 1 N–H and O–H groups in total. The third kappa shape index (κ3) is 2.63. The summed E-state index contributed by atoms with van der Waals surface area (Å²) in [4.78, 5) is 2.52. The fourth-order valence-corrected chi connectivity index (χ4v) is 2.42. The SMILES string of the molecule is CCC(C)(C)c1ccccc1N1CCNCC1. The molecule has 0 aliphatic carbocycles. The molecule has 1 aromatic rings. The summed E-state index contributed by atoms with van der Waals surface area (Å²) in [7, 11) is 0. The Bertz CT molecular complexity index is 365. The molecule has 1 aliphatic rings. The molecule has 1 saturated heterocycles. The molecule has 0 atom stereocenters. The minimum Gasteiger partial charge on any atom is -0.369 e. The van der Waals surface area contributed by atoms with E-state index in [9.17, 15) is 0 Å². The van der Waals surface area contributed by atoms with Crippen molar-refractivity contribution >= 4 is 5.69 Å². The maximum atomic E-state index is 3.41. The van der Waals surface area contributed by atoms with E-state index >= 15 is 0 Å². The van der Waals surface area contributed by atoms with Gasteiger partial charge in [0, 0.05) is 31.9 Å². The van der Waals surface area contributed by atoms with E-state index in [4.69, 9.17) is 0 Å². The smallest absolute Gasteiger partial charge is 0.0405 e. The molecule has 17 heavy (non-hydrogen) atoms. The first kappa shape index (κ1) is 12.4. The highest BCUT2D eigenvalue weighted by atomic mass is 15.2. The van der Waals surface area contributed by atoms with Crippen LogP contribution in [0.4, 0.5) is 5.69 Å². The number of anilines is 1. The van der Waals surface area contributed by atoms with Gasteiger partial charge < -0.3 is 10.2 Å². The van der Waals surface area contributed by atoms with Crippen molar-refractivity contribution in [2.75, 3.05) is 31.1 Å². The van der Waals surface area contributed by atoms with E-state index in [0.717, 1.165) is 26.2 Å². The molecule has 2 nitrogen and oxygen atoms in total. The highest BCUT2D eigenvalue weighted by molar-refractivity contribution is 5.56. The van der Waals surface area contributed by atoms with Gasteiger partial charge in [-0.25, -0.2) is 0 Å². The second kappa shape index (κ2) is 5.09. The first-order valence-electron chi connectivity index (χ1n) is 6.70. The Morgan fingerprint density at radius 2 is 1.82 bits per heavy atom. The van der Waals surface area contributed by atoms with Gasteiger partial charge in [0.15, 0.2) is 0 Å². The number of para-hydroxylation sites is 1. The van der Waals surface area contributed by atoms with E-state index in [-0.39, 0.29) is 5.41 Å². The largest absolute Gasteiger partial charge is 0.369 e. The normalized spacial score (nSPS) is 17.2. The number of piperazine rings is 1. The second-order valence-corrected chi connectivity index (χ2v) is 5.49. The van der Waals surface area contributed by atoms with Crippen LogP contribution in [0.15, 0.2) is 24.3 Å². The van der Waals surface area contributed by atoms with Gasteiger partial charge in [-0.15, -0.1) is 0 Å². The van der Waals surface area contributed by atoms with Crippen LogP contribution in [0, 0.1) is 0 Å². The van der Waals surface area contributed by atoms with Crippen LogP contribution < -0.4 is 10.2 Å². The highest BCUT2D eigenvalue weighted by Gasteiger charge is 2.24. The van der Waals surface area contributed by atoms with Crippen molar-refractivity contribution in [1.29, 1.82) is 0 Å². The highest BCUT2D eigenvalue weighted by Crippen LogP contribution is 2.34. The van der Waals surface area contributed by atoms with Gasteiger partial charge in [0.1, 0.15) is 0 Å². The van der Waals surface area contributed by atoms with Crippen LogP contribution in [0.5, 0.6) is 0 Å². The standard InChI is InChI=1S/C15H24N2/c1-4-15(2,3)13-7-5-6-8-14(13)17-11-9-16-10-12-17/h5-8,16H,4,9-12H2,1-3H3. The fourth-order valence-electron chi connectivity index (χ4n) is 2.42. The average Bonchev–Trinajstić information content (AvgIpc) is 2.40. The summed E-state index contributed by atoms with van der Waals surface area (Å²) < 4.78 is 0. The molecule has 1 fully saturated rings. The zero-order valence-electron chi connectivity index (χ0n) is 11.3. The van der Waals surface area contributed by atoms with Crippen LogP contribution in [0.25, 0.3) is 0 Å². The Balaban J connectivity index is 2.33. The maximum absolute atomic E-state index is 3.41. The monoisotopic (exact) mass is 232 g/mol. The van der Waals surface area contributed by atoms with Crippen molar-refractivity contribution in [3.63, 3.8) is 0 Å². The maximum Gasteiger partial charge on any atom is 0.0405 e. The van der Waals surface area contributed by atoms with Crippen molar-refractivity contribution < 1.29 is 0 Å². The lowest BCUT2D eigenvalue weighted by Crippen LogP contribution is -2.44. The second-order valence-electron chi connectivity index (χ2n) is 5.49. The van der Waals surface area contributed by atoms with Crippen LogP contribution in [0.3, 0.4) is 0 Å². The summed E-state index contributed by atoms with van der Waals surface area (Å²) in [5.74, 6) is 0. The average molecular weight is 232 g/mol. The lowest BCUT2D eigenvalue weighted by Gasteiger charge is -2.35. The van der Waals surface area contributed by atoms with E-state index < -0.39 is 0 Å². The lowest BCUT2D eigenvalue weighted by molar-refractivity contribution is 0.501. The number of nitrogens with zero attached hydrogens (tertiary/aromatic N) is 1. The minimum absolute atomic E-state index is 0.265. The van der Waals surface area contributed by atoms with Gasteiger partial charge in [0.05, 0.1) is 0 Å². The van der Waals surface area contributed by atoms with Crippen LogP contribution in [-0.2, 0) is 5.41 Å². The Labute approximate surface area is 105 Å². The number of nitrogens with one attached hydrogen (secondary N) is 1. The van der Waals surface area contributed by atoms with Crippen molar-refractivity contribution in [2.45, 2.75) is 32.6 Å². The molecule has 1 aliphatic heterocycles. The van der Waals surface area contributed by atoms with Gasteiger partial charge in [-0.05, 0) is 23.5 Å². The summed E-state index contributed by atoms with van der Waals surface area (Å²) in [6.07, 6.45) is 1.18. The van der Waals surface area contributed by atoms with E-state index in [2.05, 4.69) is 55.3 Å². The van der Waals surface area contributed by atoms with Crippen LogP contribution in [0.1, 0.15) is 32.8 Å². The van der Waals surface area contributed by atoms with Crippen LogP contribution in [-0.4, -0.2) is 26.2 Å². The Morgan fingerprint density at radius 3 is 2.47 bits per heavy atom. The van der Waals surface area contributed by atoms with Crippen molar-refractivity contribution in [1.82, 2.24) is 5.32 Å². The molecule has 0 bridgehead atoms. The molecular formula is C15H24N2. The molecule has 0 amide bonds. The molecule has 0 spiro atoms. The summed E-state index contributed by atoms with van der Waals surface area (Å²) in [5, 5.41) is 3.41. The third-order valence-corrected chi connectivity index (χ3v) is 3.97. The first-order chi connectivity index (χ1) is 8.15. The Hall–Kier alpha value is -1.02. The third-order valence-electron chi connectivity index (χ3n) is 3.97. The van der Waals surface area contributed by atoms with E-state index in [1.165, 1.54) is 17.7 Å². The first-order valence-corrected chi connectivity index (χ1v) is 6.70. The number of hydrogen-bond acceptors (Lipinski definition) is 2. The van der Waals surface area contributed by atoms with Gasteiger partial charge in [-0.2, -0.15) is 0 Å². The molecule has 2 rings (SSSR count). The quantitative estimate of drug-likeness (QED) is 0.862. The molecule has 94 valence electrons. The van der Waals surface area contributed by atoms with Crippen LogP contribution in [0.2, 0.25) is 0 Å². The van der Waals surface area contributed by atoms with Crippen molar-refractivity contribution in [3.8, 4) is 0 Å². The van der Waals surface area contributed by atoms with Gasteiger partial charge >= 0.3 is 0 Å². The lowest BCUT2D eigenvalue weighted by atomic mass is 9.81. The van der Waals surface area contributed by atoms with Gasteiger partial charge in [0.2, 0.25) is 0 Å². The summed E-state index contributed by atoms with van der Waals surface area (Å²) >= 11 is 0. The Morgan fingerprint density at radius 1 is 1.18 bits per heavy atom. The molecule has 0 saturated carbocycles. The molecule has 1 heterocycles. The van der Waals surface area contributed by atoms with Crippen molar-refractivity contribution in [3.05, 3.63) is 29.8 Å². The fraction of sp³-hybridized carbons (Fsp3) is 0.600. The molecule has 0 aromatic heterocycles. The molecule has 0 radical (unpaired) electrons. The van der Waals surface area contributed by atoms with Gasteiger partial charge in [-0.3, -0.25) is 0 Å². The predicted molar refractivity (Wildman–Crippen MR) is 74.8 cm³/mol. The van der Waals surface area contributed by atoms with E-state index in [1.54, 1.807) is 0 Å². The molecule has 0 unspecified atom stereocenters. The molecular weight excluding hydrogens is 208 g/mol. The number of rotatable bonds is 3. The van der Waals surface area contributed by atoms with Crippen LogP contribution >= 0.6 is 0 Å². The minimum atomic E-state index is 0.265. The zero-order valence-corrected chi connectivity index (χ0v) is 11.3. The van der Waals surface area contributed by atoms with Gasteiger partial charge in [0.25, 0.3) is 0 Å². The number of hydrogen-bond donors (Lipinski definition) is 1. The zero-order chi connectivity index (χ0) is 12.3. The van der Waals surface area contributed by atoms with Crippen molar-refractivity contribution in [2.24, 2.45) is 0 Å². The van der Waals surface area contributed by atoms with E-state index in [0.29, 0.717) is 0 Å². The van der Waals surface area contributed by atoms with E-state index in [1.807, 2.05) is 0 Å². The summed E-state index contributed by atoms with van der Waals surface area (Å²) in [6.45, 7) is 11.4. The summed E-state index contributed by atoms with van der Waals surface area (Å²) in [5.41, 5.74) is 3.19. The topological polar surface area (TPSA) is 15.3 Å². The van der Waals surface area contributed by atoms with Gasteiger partial charge in [-0.1, -0.05) is 39.0 Å². The predicted octanol–water partition coefficient (Wildman–Crippen LogP) is 2.78. The summed E-state index contributed by atoms with van der Waals surface area (Å²) in [6, 6.07) is 8.89. The molecule has 1 aromatic carbocycles. The molecule has 2 heteroatoms.